The molecular formula is C18H24N2O3. The first-order valence-corrected chi connectivity index (χ1v) is 8.35. The van der Waals surface area contributed by atoms with Crippen molar-refractivity contribution >= 4 is 17.5 Å². The summed E-state index contributed by atoms with van der Waals surface area (Å²) in [6, 6.07) is 7.91. The van der Waals surface area contributed by atoms with Gasteiger partial charge in [-0.1, -0.05) is 12.1 Å². The third kappa shape index (κ3) is 3.55. The molecule has 5 heteroatoms. The van der Waals surface area contributed by atoms with Gasteiger partial charge in [-0.2, -0.15) is 0 Å². The predicted molar refractivity (Wildman–Crippen MR) is 88.3 cm³/mol. The fourth-order valence-electron chi connectivity index (χ4n) is 3.24. The molecule has 2 heterocycles. The second kappa shape index (κ2) is 6.71. The normalized spacial score (nSPS) is 25.0. The molecule has 0 aliphatic carbocycles. The van der Waals surface area contributed by atoms with Gasteiger partial charge in [-0.05, 0) is 38.0 Å². The van der Waals surface area contributed by atoms with Gasteiger partial charge in [0.1, 0.15) is 0 Å². The van der Waals surface area contributed by atoms with Gasteiger partial charge >= 0.3 is 0 Å². The van der Waals surface area contributed by atoms with Gasteiger partial charge < -0.3 is 14.5 Å². The highest BCUT2D eigenvalue weighted by molar-refractivity contribution is 5.95. The van der Waals surface area contributed by atoms with Crippen LogP contribution in [0.2, 0.25) is 0 Å². The number of hydrogen-bond donors (Lipinski definition) is 0. The molecule has 0 N–H and O–H groups in total. The lowest BCUT2D eigenvalue weighted by Gasteiger charge is -2.37. The van der Waals surface area contributed by atoms with Crippen LogP contribution < -0.4 is 4.90 Å². The van der Waals surface area contributed by atoms with E-state index in [1.165, 1.54) is 0 Å². The van der Waals surface area contributed by atoms with Gasteiger partial charge in [0.25, 0.3) is 0 Å². The third-order valence-electron chi connectivity index (χ3n) is 4.60. The predicted octanol–water partition coefficient (Wildman–Crippen LogP) is 1.99. The van der Waals surface area contributed by atoms with Crippen LogP contribution in [0.25, 0.3) is 0 Å². The summed E-state index contributed by atoms with van der Waals surface area (Å²) in [4.78, 5) is 28.0. The summed E-state index contributed by atoms with van der Waals surface area (Å²) in [5.74, 6) is 0.322. The van der Waals surface area contributed by atoms with Crippen molar-refractivity contribution in [1.82, 2.24) is 4.90 Å². The number of rotatable bonds is 3. The Balaban J connectivity index is 1.63. The van der Waals surface area contributed by atoms with Crippen LogP contribution in [0.4, 0.5) is 5.69 Å². The third-order valence-corrected chi connectivity index (χ3v) is 4.60. The number of hydrogen-bond acceptors (Lipinski definition) is 3. The van der Waals surface area contributed by atoms with Crippen LogP contribution in [0.3, 0.4) is 0 Å². The summed E-state index contributed by atoms with van der Waals surface area (Å²) in [5, 5.41) is 0. The molecule has 1 aromatic rings. The van der Waals surface area contributed by atoms with Gasteiger partial charge in [0.05, 0.1) is 25.2 Å². The molecule has 2 atom stereocenters. The van der Waals surface area contributed by atoms with E-state index in [9.17, 15) is 9.59 Å². The SMILES string of the molecule is CC1CN(C(=O)Cc2ccc(N3CCCC3=O)cc2)C(C)CO1. The van der Waals surface area contributed by atoms with Gasteiger partial charge in [0.15, 0.2) is 0 Å². The zero-order valence-electron chi connectivity index (χ0n) is 13.8. The maximum absolute atomic E-state index is 12.5. The number of carbonyl (C=O) groups is 2. The molecule has 3 rings (SSSR count). The zero-order chi connectivity index (χ0) is 16.4. The van der Waals surface area contributed by atoms with Gasteiger partial charge in [-0.25, -0.2) is 0 Å². The Morgan fingerprint density at radius 1 is 1.26 bits per heavy atom. The van der Waals surface area contributed by atoms with Crippen molar-refractivity contribution in [3.05, 3.63) is 29.8 Å². The summed E-state index contributed by atoms with van der Waals surface area (Å²) < 4.78 is 5.57. The van der Waals surface area contributed by atoms with E-state index in [0.29, 0.717) is 26.0 Å². The van der Waals surface area contributed by atoms with E-state index in [0.717, 1.165) is 24.2 Å². The van der Waals surface area contributed by atoms with Crippen molar-refractivity contribution in [3.8, 4) is 0 Å². The molecular weight excluding hydrogens is 292 g/mol. The van der Waals surface area contributed by atoms with E-state index in [2.05, 4.69) is 0 Å². The van der Waals surface area contributed by atoms with Crippen molar-refractivity contribution in [2.24, 2.45) is 0 Å². The van der Waals surface area contributed by atoms with Crippen molar-refractivity contribution in [3.63, 3.8) is 0 Å². The second-order valence-corrected chi connectivity index (χ2v) is 6.53. The number of anilines is 1. The largest absolute Gasteiger partial charge is 0.375 e. The zero-order valence-corrected chi connectivity index (χ0v) is 13.8. The van der Waals surface area contributed by atoms with Crippen LogP contribution in [0.5, 0.6) is 0 Å². The highest BCUT2D eigenvalue weighted by atomic mass is 16.5. The van der Waals surface area contributed by atoms with E-state index >= 15 is 0 Å². The van der Waals surface area contributed by atoms with Gasteiger partial charge in [-0.3, -0.25) is 9.59 Å². The Kier molecular flexibility index (Phi) is 4.66. The van der Waals surface area contributed by atoms with E-state index in [1.54, 1.807) is 0 Å². The first-order valence-electron chi connectivity index (χ1n) is 8.35. The summed E-state index contributed by atoms with van der Waals surface area (Å²) in [7, 11) is 0. The average Bonchev–Trinajstić information content (AvgIpc) is 2.96. The summed E-state index contributed by atoms with van der Waals surface area (Å²) in [6.07, 6.45) is 2.05. The number of amides is 2. The van der Waals surface area contributed by atoms with Gasteiger partial charge in [-0.15, -0.1) is 0 Å². The molecule has 5 nitrogen and oxygen atoms in total. The molecule has 2 saturated heterocycles. The Morgan fingerprint density at radius 3 is 2.65 bits per heavy atom. The number of benzene rings is 1. The molecule has 2 unspecified atom stereocenters. The van der Waals surface area contributed by atoms with Crippen molar-refractivity contribution in [1.29, 1.82) is 0 Å². The summed E-state index contributed by atoms with van der Waals surface area (Å²) in [6.45, 7) is 6.06. The van der Waals surface area contributed by atoms with E-state index in [-0.39, 0.29) is 24.0 Å². The fraction of sp³-hybridized carbons (Fsp3) is 0.556. The molecule has 2 fully saturated rings. The topological polar surface area (TPSA) is 49.9 Å². The van der Waals surface area contributed by atoms with Crippen LogP contribution in [-0.2, 0) is 20.7 Å². The van der Waals surface area contributed by atoms with E-state index in [4.69, 9.17) is 4.74 Å². The molecule has 1 aromatic carbocycles. The summed E-state index contributed by atoms with van der Waals surface area (Å²) in [5.41, 5.74) is 1.91. The molecule has 124 valence electrons. The Bertz CT molecular complexity index is 584. The first kappa shape index (κ1) is 16.0. The lowest BCUT2D eigenvalue weighted by molar-refractivity contribution is -0.142. The molecule has 23 heavy (non-hydrogen) atoms. The second-order valence-electron chi connectivity index (χ2n) is 6.53. The minimum Gasteiger partial charge on any atom is -0.375 e. The molecule has 2 aliphatic rings. The number of nitrogens with zero attached hydrogens (tertiary/aromatic N) is 2. The molecule has 0 aromatic heterocycles. The number of ether oxygens (including phenoxy) is 1. The first-order chi connectivity index (χ1) is 11.0. The van der Waals surface area contributed by atoms with Crippen molar-refractivity contribution in [2.45, 2.75) is 45.3 Å². The standard InChI is InChI=1S/C18H24N2O3/c1-13-12-23-14(2)11-20(13)18(22)10-15-5-7-16(8-6-15)19-9-3-4-17(19)21/h5-8,13-14H,3-4,9-12H2,1-2H3. The quantitative estimate of drug-likeness (QED) is 0.857. The summed E-state index contributed by atoms with van der Waals surface area (Å²) >= 11 is 0. The van der Waals surface area contributed by atoms with Crippen LogP contribution in [0.1, 0.15) is 32.3 Å². The van der Waals surface area contributed by atoms with Crippen LogP contribution >= 0.6 is 0 Å². The number of morpholine rings is 1. The lowest BCUT2D eigenvalue weighted by atomic mass is 10.1. The maximum Gasteiger partial charge on any atom is 0.227 e. The molecule has 0 radical (unpaired) electrons. The average molecular weight is 316 g/mol. The van der Waals surface area contributed by atoms with Crippen LogP contribution in [0, 0.1) is 0 Å². The number of carbonyl (C=O) groups excluding carboxylic acids is 2. The minimum atomic E-state index is 0.0960. The van der Waals surface area contributed by atoms with Crippen molar-refractivity contribution in [2.75, 3.05) is 24.6 Å². The lowest BCUT2D eigenvalue weighted by Crippen LogP contribution is -2.50. The van der Waals surface area contributed by atoms with Crippen LogP contribution in [0.15, 0.2) is 24.3 Å². The monoisotopic (exact) mass is 316 g/mol. The Hall–Kier alpha value is -1.88. The van der Waals surface area contributed by atoms with Gasteiger partial charge in [0.2, 0.25) is 11.8 Å². The molecule has 2 aliphatic heterocycles. The Labute approximate surface area is 137 Å². The van der Waals surface area contributed by atoms with E-state index < -0.39 is 0 Å². The molecule has 0 saturated carbocycles. The molecule has 2 amide bonds. The van der Waals surface area contributed by atoms with E-state index in [1.807, 2.05) is 47.9 Å². The Morgan fingerprint density at radius 2 is 2.00 bits per heavy atom. The van der Waals surface area contributed by atoms with Gasteiger partial charge in [0, 0.05) is 25.2 Å². The maximum atomic E-state index is 12.5. The highest BCUT2D eigenvalue weighted by Gasteiger charge is 2.27. The molecule has 0 spiro atoms. The minimum absolute atomic E-state index is 0.0960. The smallest absolute Gasteiger partial charge is 0.227 e. The van der Waals surface area contributed by atoms with Crippen molar-refractivity contribution < 1.29 is 14.3 Å². The van der Waals surface area contributed by atoms with Crippen LogP contribution in [-0.4, -0.2) is 48.6 Å². The highest BCUT2D eigenvalue weighted by Crippen LogP contribution is 2.22. The molecule has 0 bridgehead atoms. The fourth-order valence-corrected chi connectivity index (χ4v) is 3.24.